The van der Waals surface area contributed by atoms with Crippen LogP contribution in [0.2, 0.25) is 0 Å². The van der Waals surface area contributed by atoms with Crippen LogP contribution in [-0.4, -0.2) is 5.78 Å². The van der Waals surface area contributed by atoms with E-state index < -0.39 is 0 Å². The summed E-state index contributed by atoms with van der Waals surface area (Å²) < 4.78 is 0. The van der Waals surface area contributed by atoms with Crippen molar-refractivity contribution in [3.63, 3.8) is 0 Å². The van der Waals surface area contributed by atoms with E-state index in [2.05, 4.69) is 0 Å². The van der Waals surface area contributed by atoms with Gasteiger partial charge in [0.05, 0.1) is 0 Å². The molecule has 1 aromatic rings. The fourth-order valence-corrected chi connectivity index (χ4v) is 1.63. The van der Waals surface area contributed by atoms with Gasteiger partial charge in [-0.25, -0.2) is 0 Å². The normalized spacial score (nSPS) is 17.2. The highest BCUT2D eigenvalue weighted by Crippen LogP contribution is 2.32. The summed E-state index contributed by atoms with van der Waals surface area (Å²) in [5, 5.41) is 3.89. The van der Waals surface area contributed by atoms with E-state index in [1.807, 2.05) is 16.8 Å². The third-order valence-electron chi connectivity index (χ3n) is 1.75. The van der Waals surface area contributed by atoms with Crippen molar-refractivity contribution < 1.29 is 4.79 Å². The molecule has 1 aromatic heterocycles. The lowest BCUT2D eigenvalue weighted by molar-refractivity contribution is 0.0968. The van der Waals surface area contributed by atoms with Gasteiger partial charge in [-0.05, 0) is 24.3 Å². The molecule has 1 saturated carbocycles. The van der Waals surface area contributed by atoms with Gasteiger partial charge in [0, 0.05) is 16.9 Å². The van der Waals surface area contributed by atoms with Crippen molar-refractivity contribution in [1.82, 2.24) is 0 Å². The van der Waals surface area contributed by atoms with Gasteiger partial charge < -0.3 is 0 Å². The molecule has 2 rings (SSSR count). The third-order valence-corrected chi connectivity index (χ3v) is 2.44. The van der Waals surface area contributed by atoms with Crippen molar-refractivity contribution in [1.29, 1.82) is 0 Å². The van der Waals surface area contributed by atoms with Gasteiger partial charge in [0.25, 0.3) is 0 Å². The Morgan fingerprint density at radius 1 is 1.60 bits per heavy atom. The monoisotopic (exact) mass is 152 g/mol. The summed E-state index contributed by atoms with van der Waals surface area (Å²) in [6, 6.07) is 1.91. The Kier molecular flexibility index (Phi) is 1.34. The molecule has 1 heterocycles. The summed E-state index contributed by atoms with van der Waals surface area (Å²) in [4.78, 5) is 11.3. The van der Waals surface area contributed by atoms with Crippen molar-refractivity contribution in [2.75, 3.05) is 0 Å². The van der Waals surface area contributed by atoms with E-state index in [0.717, 1.165) is 18.4 Å². The molecular weight excluding hydrogens is 144 g/mol. The lowest BCUT2D eigenvalue weighted by atomic mass is 10.1. The Morgan fingerprint density at radius 3 is 2.90 bits per heavy atom. The first-order valence-electron chi connectivity index (χ1n) is 3.44. The predicted molar refractivity (Wildman–Crippen MR) is 41.4 cm³/mol. The zero-order valence-corrected chi connectivity index (χ0v) is 6.36. The molecule has 0 aliphatic heterocycles. The maximum Gasteiger partial charge on any atom is 0.166 e. The molecule has 52 valence electrons. The van der Waals surface area contributed by atoms with E-state index in [1.165, 1.54) is 0 Å². The number of hydrogen-bond acceptors (Lipinski definition) is 2. The van der Waals surface area contributed by atoms with Crippen molar-refractivity contribution >= 4 is 17.1 Å². The highest BCUT2D eigenvalue weighted by Gasteiger charge is 2.30. The first-order valence-corrected chi connectivity index (χ1v) is 4.38. The number of carbonyl (C=O) groups is 1. The standard InChI is InChI=1S/C8H8OS/c9-8(6-1-2-6)7-3-4-10-5-7/h3-6H,1-2H2. The number of Topliss-reactive ketones (excluding diaryl/α,β-unsaturated/α-hetero) is 1. The highest BCUT2D eigenvalue weighted by molar-refractivity contribution is 7.08. The molecule has 0 N–H and O–H groups in total. The summed E-state index contributed by atoms with van der Waals surface area (Å²) in [6.07, 6.45) is 2.21. The molecule has 0 unspecified atom stereocenters. The van der Waals surface area contributed by atoms with E-state index >= 15 is 0 Å². The maximum absolute atomic E-state index is 11.3. The van der Waals surface area contributed by atoms with Crippen molar-refractivity contribution in [3.05, 3.63) is 22.4 Å². The maximum atomic E-state index is 11.3. The fourth-order valence-electron chi connectivity index (χ4n) is 0.986. The van der Waals surface area contributed by atoms with Crippen LogP contribution in [-0.2, 0) is 0 Å². The SMILES string of the molecule is O=C(c1ccsc1)C1CC1. The predicted octanol–water partition coefficient (Wildman–Crippen LogP) is 2.34. The quantitative estimate of drug-likeness (QED) is 0.594. The molecule has 10 heavy (non-hydrogen) atoms. The summed E-state index contributed by atoms with van der Waals surface area (Å²) in [5.41, 5.74) is 0.910. The van der Waals surface area contributed by atoms with E-state index in [9.17, 15) is 4.79 Å². The largest absolute Gasteiger partial charge is 0.294 e. The molecule has 0 amide bonds. The summed E-state index contributed by atoms with van der Waals surface area (Å²) in [6.45, 7) is 0. The Labute approximate surface area is 63.7 Å². The first kappa shape index (κ1) is 6.10. The van der Waals surface area contributed by atoms with Crippen LogP contribution in [0.5, 0.6) is 0 Å². The van der Waals surface area contributed by atoms with Crippen LogP contribution in [0.3, 0.4) is 0 Å². The van der Waals surface area contributed by atoms with Crippen LogP contribution in [0.25, 0.3) is 0 Å². The Balaban J connectivity index is 2.19. The minimum Gasteiger partial charge on any atom is -0.294 e. The van der Waals surface area contributed by atoms with E-state index in [4.69, 9.17) is 0 Å². The number of carbonyl (C=O) groups excluding carboxylic acids is 1. The summed E-state index contributed by atoms with van der Waals surface area (Å²) in [5.74, 6) is 0.718. The van der Waals surface area contributed by atoms with Crippen LogP contribution in [0.1, 0.15) is 23.2 Å². The molecule has 0 aromatic carbocycles. The fraction of sp³-hybridized carbons (Fsp3) is 0.375. The smallest absolute Gasteiger partial charge is 0.166 e. The molecule has 1 aliphatic carbocycles. The Bertz CT molecular complexity index is 234. The molecule has 0 atom stereocenters. The zero-order valence-electron chi connectivity index (χ0n) is 5.54. The summed E-state index contributed by atoms with van der Waals surface area (Å²) >= 11 is 1.59. The van der Waals surface area contributed by atoms with E-state index in [-0.39, 0.29) is 0 Å². The van der Waals surface area contributed by atoms with Gasteiger partial charge >= 0.3 is 0 Å². The molecule has 0 spiro atoms. The minimum atomic E-state index is 0.348. The second-order valence-electron chi connectivity index (χ2n) is 2.65. The van der Waals surface area contributed by atoms with Crippen molar-refractivity contribution in [2.45, 2.75) is 12.8 Å². The van der Waals surface area contributed by atoms with Gasteiger partial charge in [0.1, 0.15) is 0 Å². The van der Waals surface area contributed by atoms with Gasteiger partial charge in [-0.3, -0.25) is 4.79 Å². The molecule has 0 radical (unpaired) electrons. The van der Waals surface area contributed by atoms with E-state index in [1.54, 1.807) is 11.3 Å². The minimum absolute atomic E-state index is 0.348. The highest BCUT2D eigenvalue weighted by atomic mass is 32.1. The topological polar surface area (TPSA) is 17.1 Å². The molecule has 0 saturated heterocycles. The van der Waals surface area contributed by atoms with Gasteiger partial charge in [0.15, 0.2) is 5.78 Å². The van der Waals surface area contributed by atoms with Crippen LogP contribution >= 0.6 is 11.3 Å². The Morgan fingerprint density at radius 2 is 2.40 bits per heavy atom. The molecule has 1 nitrogen and oxygen atoms in total. The average molecular weight is 152 g/mol. The average Bonchev–Trinajstić information content (AvgIpc) is 2.65. The molecule has 1 fully saturated rings. The Hall–Kier alpha value is -0.630. The molecule has 0 bridgehead atoms. The first-order chi connectivity index (χ1) is 4.88. The van der Waals surface area contributed by atoms with Gasteiger partial charge in [0.2, 0.25) is 0 Å². The van der Waals surface area contributed by atoms with E-state index in [0.29, 0.717) is 11.7 Å². The van der Waals surface area contributed by atoms with Gasteiger partial charge in [-0.1, -0.05) is 0 Å². The van der Waals surface area contributed by atoms with Crippen LogP contribution in [0.15, 0.2) is 16.8 Å². The second kappa shape index (κ2) is 2.20. The lowest BCUT2D eigenvalue weighted by Gasteiger charge is -1.89. The van der Waals surface area contributed by atoms with Gasteiger partial charge in [-0.15, -0.1) is 0 Å². The number of hydrogen-bond donors (Lipinski definition) is 0. The molecular formula is C8H8OS. The van der Waals surface area contributed by atoms with Crippen LogP contribution < -0.4 is 0 Å². The van der Waals surface area contributed by atoms with Crippen molar-refractivity contribution in [3.8, 4) is 0 Å². The number of rotatable bonds is 2. The summed E-state index contributed by atoms with van der Waals surface area (Å²) in [7, 11) is 0. The zero-order chi connectivity index (χ0) is 6.97. The third kappa shape index (κ3) is 0.991. The van der Waals surface area contributed by atoms with Crippen LogP contribution in [0.4, 0.5) is 0 Å². The van der Waals surface area contributed by atoms with Gasteiger partial charge in [-0.2, -0.15) is 11.3 Å². The number of ketones is 1. The lowest BCUT2D eigenvalue weighted by Crippen LogP contribution is -1.97. The molecule has 2 heteroatoms. The second-order valence-corrected chi connectivity index (χ2v) is 3.43. The van der Waals surface area contributed by atoms with Crippen molar-refractivity contribution in [2.24, 2.45) is 5.92 Å². The molecule has 1 aliphatic rings. The van der Waals surface area contributed by atoms with Crippen LogP contribution in [0, 0.1) is 5.92 Å². The number of thiophene rings is 1.